The number of hydrogen-bond donors (Lipinski definition) is 0. The summed E-state index contributed by atoms with van der Waals surface area (Å²) in [5.41, 5.74) is 2.02. The fourth-order valence-electron chi connectivity index (χ4n) is 0.799. The molecule has 0 N–H and O–H groups in total. The van der Waals surface area contributed by atoms with E-state index in [4.69, 9.17) is 11.6 Å². The van der Waals surface area contributed by atoms with E-state index < -0.39 is 0 Å². The molecule has 0 bridgehead atoms. The third-order valence-electron chi connectivity index (χ3n) is 1.33. The predicted octanol–water partition coefficient (Wildman–Crippen LogP) is 2.64. The van der Waals surface area contributed by atoms with Crippen LogP contribution in [0.25, 0.3) is 0 Å². The Labute approximate surface area is 72.7 Å². The molecule has 0 aromatic heterocycles. The van der Waals surface area contributed by atoms with Gasteiger partial charge in [-0.25, -0.2) is 0 Å². The molecule has 0 amide bonds. The van der Waals surface area contributed by atoms with Crippen LogP contribution in [0.15, 0.2) is 21.8 Å². The number of alkyl halides is 1. The molecule has 0 unspecified atom stereocenters. The molecule has 0 aliphatic carbocycles. The predicted molar refractivity (Wildman–Crippen MR) is 51.8 cm³/mol. The van der Waals surface area contributed by atoms with Gasteiger partial charge >= 0.3 is 0 Å². The van der Waals surface area contributed by atoms with Crippen molar-refractivity contribution < 1.29 is 0 Å². The van der Waals surface area contributed by atoms with Crippen molar-refractivity contribution in [1.82, 2.24) is 0 Å². The first-order valence-corrected chi connectivity index (χ1v) is 4.02. The monoisotopic (exact) mass is 172 g/mol. The highest BCUT2D eigenvalue weighted by atomic mass is 35.5. The first-order chi connectivity index (χ1) is 5.26. The highest BCUT2D eigenvalue weighted by Gasteiger charge is 1.96. The molecule has 0 aliphatic rings. The van der Waals surface area contributed by atoms with Crippen molar-refractivity contribution in [1.29, 1.82) is 0 Å². The molecule has 0 aromatic carbocycles. The van der Waals surface area contributed by atoms with E-state index in [1.165, 1.54) is 0 Å². The number of rotatable bonds is 4. The van der Waals surface area contributed by atoms with E-state index in [1.54, 1.807) is 6.20 Å². The van der Waals surface area contributed by atoms with Gasteiger partial charge in [-0.15, -0.1) is 11.6 Å². The summed E-state index contributed by atoms with van der Waals surface area (Å²) >= 11 is 5.46. The van der Waals surface area contributed by atoms with E-state index in [9.17, 15) is 0 Å². The van der Waals surface area contributed by atoms with Crippen LogP contribution in [0.5, 0.6) is 0 Å². The third kappa shape index (κ3) is 3.94. The SMILES string of the molecule is C=N/C=C(/C)C(CC)=NCCl. The van der Waals surface area contributed by atoms with Crippen molar-refractivity contribution in [3.8, 4) is 0 Å². The van der Waals surface area contributed by atoms with E-state index in [-0.39, 0.29) is 0 Å². The van der Waals surface area contributed by atoms with Crippen LogP contribution in [0.2, 0.25) is 0 Å². The van der Waals surface area contributed by atoms with Crippen molar-refractivity contribution in [3.05, 3.63) is 11.8 Å². The third-order valence-corrected chi connectivity index (χ3v) is 1.45. The molecule has 11 heavy (non-hydrogen) atoms. The zero-order valence-corrected chi connectivity index (χ0v) is 7.73. The maximum Gasteiger partial charge on any atom is 0.113 e. The molecule has 0 atom stereocenters. The Balaban J connectivity index is 4.37. The van der Waals surface area contributed by atoms with Gasteiger partial charge < -0.3 is 0 Å². The molecule has 0 saturated heterocycles. The van der Waals surface area contributed by atoms with Gasteiger partial charge in [0, 0.05) is 11.9 Å². The van der Waals surface area contributed by atoms with Crippen molar-refractivity contribution >= 4 is 24.0 Å². The molecule has 3 heteroatoms. The number of aliphatic imine (C=N–C) groups is 2. The van der Waals surface area contributed by atoms with Crippen LogP contribution in [-0.4, -0.2) is 18.4 Å². The Hall–Kier alpha value is -0.630. The van der Waals surface area contributed by atoms with E-state index in [2.05, 4.69) is 16.7 Å². The summed E-state index contributed by atoms with van der Waals surface area (Å²) in [7, 11) is 0. The average Bonchev–Trinajstić information content (AvgIpc) is 2.00. The second-order valence-electron chi connectivity index (χ2n) is 2.07. The maximum absolute atomic E-state index is 5.46. The number of hydrogen-bond acceptors (Lipinski definition) is 2. The van der Waals surface area contributed by atoms with E-state index in [1.807, 2.05) is 13.8 Å². The zero-order valence-electron chi connectivity index (χ0n) is 6.97. The maximum atomic E-state index is 5.46. The highest BCUT2D eigenvalue weighted by molar-refractivity contribution is 6.18. The summed E-state index contributed by atoms with van der Waals surface area (Å²) in [5.74, 6) is 0. The van der Waals surface area contributed by atoms with Gasteiger partial charge in [0.2, 0.25) is 0 Å². The standard InChI is InChI=1S/C8H13ClN2/c1-4-8(11-6-9)7(2)5-10-3/h5H,3-4,6H2,1-2H3/b7-5-,11-8?. The first-order valence-electron chi connectivity index (χ1n) is 3.48. The van der Waals surface area contributed by atoms with E-state index in [0.717, 1.165) is 17.7 Å². The van der Waals surface area contributed by atoms with Crippen LogP contribution in [0, 0.1) is 0 Å². The largest absolute Gasteiger partial charge is 0.273 e. The van der Waals surface area contributed by atoms with Crippen LogP contribution < -0.4 is 0 Å². The molecule has 62 valence electrons. The van der Waals surface area contributed by atoms with Crippen molar-refractivity contribution in [2.24, 2.45) is 9.98 Å². The lowest BCUT2D eigenvalue weighted by atomic mass is 10.1. The molecule has 0 aromatic rings. The second kappa shape index (κ2) is 6.10. The molecule has 2 nitrogen and oxygen atoms in total. The van der Waals surface area contributed by atoms with Crippen LogP contribution in [0.1, 0.15) is 20.3 Å². The Morgan fingerprint density at radius 3 is 2.64 bits per heavy atom. The van der Waals surface area contributed by atoms with Crippen LogP contribution in [0.4, 0.5) is 0 Å². The molecule has 0 aliphatic heterocycles. The summed E-state index contributed by atoms with van der Waals surface area (Å²) in [6, 6.07) is 0.311. The molecular weight excluding hydrogens is 160 g/mol. The quantitative estimate of drug-likeness (QED) is 0.354. The molecule has 0 heterocycles. The summed E-state index contributed by atoms with van der Waals surface area (Å²) in [6.45, 7) is 7.34. The summed E-state index contributed by atoms with van der Waals surface area (Å²) < 4.78 is 0. The Morgan fingerprint density at radius 2 is 2.27 bits per heavy atom. The van der Waals surface area contributed by atoms with Crippen molar-refractivity contribution in [2.75, 3.05) is 6.00 Å². The minimum atomic E-state index is 0.311. The molecule has 0 spiro atoms. The lowest BCUT2D eigenvalue weighted by Crippen LogP contribution is -1.97. The van der Waals surface area contributed by atoms with E-state index in [0.29, 0.717) is 6.00 Å². The highest BCUT2D eigenvalue weighted by Crippen LogP contribution is 2.02. The lowest BCUT2D eigenvalue weighted by Gasteiger charge is -2.00. The van der Waals surface area contributed by atoms with Gasteiger partial charge in [0.25, 0.3) is 0 Å². The number of allylic oxidation sites excluding steroid dienone is 1. The minimum absolute atomic E-state index is 0.311. The van der Waals surface area contributed by atoms with Gasteiger partial charge in [-0.05, 0) is 25.6 Å². The number of halogens is 1. The number of nitrogens with zero attached hydrogens (tertiary/aromatic N) is 2. The first kappa shape index (κ1) is 10.4. The summed E-state index contributed by atoms with van der Waals surface area (Å²) in [4.78, 5) is 7.74. The van der Waals surface area contributed by atoms with Gasteiger partial charge in [0.05, 0.1) is 0 Å². The smallest absolute Gasteiger partial charge is 0.113 e. The summed E-state index contributed by atoms with van der Waals surface area (Å²) in [5, 5.41) is 0. The van der Waals surface area contributed by atoms with Gasteiger partial charge in [0.1, 0.15) is 6.00 Å². The van der Waals surface area contributed by atoms with Crippen LogP contribution >= 0.6 is 11.6 Å². The van der Waals surface area contributed by atoms with E-state index >= 15 is 0 Å². The lowest BCUT2D eigenvalue weighted by molar-refractivity contribution is 1.21. The van der Waals surface area contributed by atoms with Crippen LogP contribution in [-0.2, 0) is 0 Å². The van der Waals surface area contributed by atoms with Gasteiger partial charge in [-0.2, -0.15) is 0 Å². The van der Waals surface area contributed by atoms with Crippen molar-refractivity contribution in [2.45, 2.75) is 20.3 Å². The molecule has 0 radical (unpaired) electrons. The Bertz CT molecular complexity index is 183. The molecular formula is C8H13ClN2. The molecule has 0 saturated carbocycles. The van der Waals surface area contributed by atoms with Gasteiger partial charge in [0.15, 0.2) is 0 Å². The van der Waals surface area contributed by atoms with Gasteiger partial charge in [-0.1, -0.05) is 6.92 Å². The molecule has 0 fully saturated rings. The summed E-state index contributed by atoms with van der Waals surface area (Å²) in [6.07, 6.45) is 2.57. The minimum Gasteiger partial charge on any atom is -0.273 e. The second-order valence-corrected chi connectivity index (χ2v) is 2.31. The normalized spacial score (nSPS) is 13.4. The Kier molecular flexibility index (Phi) is 5.75. The fraction of sp³-hybridized carbons (Fsp3) is 0.500. The zero-order chi connectivity index (χ0) is 8.69. The molecule has 0 rings (SSSR count). The Morgan fingerprint density at radius 1 is 1.64 bits per heavy atom. The average molecular weight is 173 g/mol. The fourth-order valence-corrected chi connectivity index (χ4v) is 0.943. The topological polar surface area (TPSA) is 24.7 Å². The van der Waals surface area contributed by atoms with Gasteiger partial charge in [-0.3, -0.25) is 9.98 Å². The van der Waals surface area contributed by atoms with Crippen molar-refractivity contribution in [3.63, 3.8) is 0 Å². The van der Waals surface area contributed by atoms with Crippen LogP contribution in [0.3, 0.4) is 0 Å².